The number of amides is 1. The van der Waals surface area contributed by atoms with Gasteiger partial charge in [-0.15, -0.1) is 0 Å². The first kappa shape index (κ1) is 15.8. The van der Waals surface area contributed by atoms with Gasteiger partial charge in [-0.2, -0.15) is 0 Å². The fraction of sp³-hybridized carbons (Fsp3) is 0.588. The molecule has 0 aromatic heterocycles. The smallest absolute Gasteiger partial charge is 0.226 e. The standard InChI is InChI=1S/C17H26N2O2/c1-12-7-8-14(18)11-15(12)19-17(20)9-10-21-16-6-4-3-5-13(16)2/h7-8,11,13,16H,3-6,9-10,18H2,1-2H3,(H,19,20). The third-order valence-corrected chi connectivity index (χ3v) is 4.23. The van der Waals surface area contributed by atoms with E-state index in [1.807, 2.05) is 19.1 Å². The summed E-state index contributed by atoms with van der Waals surface area (Å²) in [6, 6.07) is 5.53. The van der Waals surface area contributed by atoms with Gasteiger partial charge >= 0.3 is 0 Å². The quantitative estimate of drug-likeness (QED) is 0.816. The Hall–Kier alpha value is -1.55. The minimum Gasteiger partial charge on any atom is -0.399 e. The second-order valence-corrected chi connectivity index (χ2v) is 6.04. The van der Waals surface area contributed by atoms with Gasteiger partial charge in [-0.3, -0.25) is 4.79 Å². The number of carbonyl (C=O) groups is 1. The largest absolute Gasteiger partial charge is 0.399 e. The Morgan fingerprint density at radius 1 is 1.38 bits per heavy atom. The van der Waals surface area contributed by atoms with Crippen molar-refractivity contribution in [2.45, 2.75) is 52.1 Å². The van der Waals surface area contributed by atoms with Crippen LogP contribution in [-0.2, 0) is 9.53 Å². The fourth-order valence-electron chi connectivity index (χ4n) is 2.82. The van der Waals surface area contributed by atoms with Crippen molar-refractivity contribution >= 4 is 17.3 Å². The summed E-state index contributed by atoms with van der Waals surface area (Å²) in [5.41, 5.74) is 8.19. The zero-order valence-electron chi connectivity index (χ0n) is 13.0. The Bertz CT molecular complexity index is 488. The van der Waals surface area contributed by atoms with Crippen LogP contribution in [0.25, 0.3) is 0 Å². The number of nitrogen functional groups attached to an aromatic ring is 1. The van der Waals surface area contributed by atoms with Crippen molar-refractivity contribution < 1.29 is 9.53 Å². The van der Waals surface area contributed by atoms with Gasteiger partial charge in [0, 0.05) is 11.4 Å². The molecule has 1 aromatic carbocycles. The molecule has 0 radical (unpaired) electrons. The normalized spacial score (nSPS) is 22.0. The molecule has 1 fully saturated rings. The van der Waals surface area contributed by atoms with E-state index in [0.717, 1.165) is 17.7 Å². The van der Waals surface area contributed by atoms with Gasteiger partial charge in [-0.1, -0.05) is 25.8 Å². The molecule has 116 valence electrons. The summed E-state index contributed by atoms with van der Waals surface area (Å²) in [4.78, 5) is 12.0. The lowest BCUT2D eigenvalue weighted by Gasteiger charge is -2.28. The van der Waals surface area contributed by atoms with Gasteiger partial charge in [0.1, 0.15) is 0 Å². The van der Waals surface area contributed by atoms with E-state index in [1.165, 1.54) is 19.3 Å². The maximum absolute atomic E-state index is 12.0. The fourth-order valence-corrected chi connectivity index (χ4v) is 2.82. The minimum atomic E-state index is -0.0211. The lowest BCUT2D eigenvalue weighted by atomic mass is 9.88. The summed E-state index contributed by atoms with van der Waals surface area (Å²) in [6.07, 6.45) is 5.61. The van der Waals surface area contributed by atoms with Crippen molar-refractivity contribution in [3.05, 3.63) is 23.8 Å². The lowest BCUT2D eigenvalue weighted by Crippen LogP contribution is -2.27. The average Bonchev–Trinajstić information content (AvgIpc) is 2.45. The summed E-state index contributed by atoms with van der Waals surface area (Å²) in [5, 5.41) is 2.90. The highest BCUT2D eigenvalue weighted by atomic mass is 16.5. The SMILES string of the molecule is Cc1ccc(N)cc1NC(=O)CCOC1CCCCC1C. The average molecular weight is 290 g/mol. The third kappa shape index (κ3) is 4.74. The summed E-state index contributed by atoms with van der Waals surface area (Å²) in [6.45, 7) is 4.68. The molecular formula is C17H26N2O2. The van der Waals surface area contributed by atoms with Crippen molar-refractivity contribution in [2.24, 2.45) is 5.92 Å². The van der Waals surface area contributed by atoms with Crippen molar-refractivity contribution in [2.75, 3.05) is 17.7 Å². The van der Waals surface area contributed by atoms with E-state index in [9.17, 15) is 4.79 Å². The van der Waals surface area contributed by atoms with E-state index >= 15 is 0 Å². The highest BCUT2D eigenvalue weighted by Crippen LogP contribution is 2.26. The van der Waals surface area contributed by atoms with Crippen LogP contribution in [0.2, 0.25) is 0 Å². The molecule has 2 rings (SSSR count). The van der Waals surface area contributed by atoms with E-state index in [-0.39, 0.29) is 5.91 Å². The van der Waals surface area contributed by atoms with E-state index in [2.05, 4.69) is 12.2 Å². The summed E-state index contributed by atoms with van der Waals surface area (Å²) in [7, 11) is 0. The van der Waals surface area contributed by atoms with Crippen LogP contribution in [0.1, 0.15) is 44.6 Å². The lowest BCUT2D eigenvalue weighted by molar-refractivity contribution is -0.118. The zero-order chi connectivity index (χ0) is 15.2. The molecule has 1 aliphatic carbocycles. The molecule has 4 heteroatoms. The number of hydrogen-bond acceptors (Lipinski definition) is 3. The van der Waals surface area contributed by atoms with Crippen LogP contribution in [0.3, 0.4) is 0 Å². The van der Waals surface area contributed by atoms with Crippen molar-refractivity contribution in [1.29, 1.82) is 0 Å². The van der Waals surface area contributed by atoms with Gasteiger partial charge in [0.05, 0.1) is 19.1 Å². The molecule has 2 unspecified atom stereocenters. The van der Waals surface area contributed by atoms with Gasteiger partial charge < -0.3 is 15.8 Å². The maximum Gasteiger partial charge on any atom is 0.226 e. The van der Waals surface area contributed by atoms with Crippen LogP contribution in [0.4, 0.5) is 11.4 Å². The monoisotopic (exact) mass is 290 g/mol. The number of benzene rings is 1. The van der Waals surface area contributed by atoms with Crippen LogP contribution < -0.4 is 11.1 Å². The molecule has 0 bridgehead atoms. The maximum atomic E-state index is 12.0. The van der Waals surface area contributed by atoms with Gasteiger partial charge in [0.2, 0.25) is 5.91 Å². The van der Waals surface area contributed by atoms with Gasteiger partial charge in [-0.05, 0) is 43.4 Å². The Labute approximate surface area is 127 Å². The molecule has 0 saturated heterocycles. The van der Waals surface area contributed by atoms with Crippen LogP contribution in [0, 0.1) is 12.8 Å². The predicted octanol–water partition coefficient (Wildman–Crippen LogP) is 3.50. The summed E-state index contributed by atoms with van der Waals surface area (Å²) in [5.74, 6) is 0.588. The molecule has 4 nitrogen and oxygen atoms in total. The number of nitrogens with two attached hydrogens (primary N) is 1. The number of aryl methyl sites for hydroxylation is 1. The van der Waals surface area contributed by atoms with Gasteiger partial charge in [0.15, 0.2) is 0 Å². The van der Waals surface area contributed by atoms with Crippen molar-refractivity contribution in [3.63, 3.8) is 0 Å². The number of hydrogen-bond donors (Lipinski definition) is 2. The highest BCUT2D eigenvalue weighted by Gasteiger charge is 2.21. The molecule has 3 N–H and O–H groups in total. The Morgan fingerprint density at radius 3 is 2.90 bits per heavy atom. The van der Waals surface area contributed by atoms with Crippen molar-refractivity contribution in [3.8, 4) is 0 Å². The first-order valence-electron chi connectivity index (χ1n) is 7.84. The van der Waals surface area contributed by atoms with E-state index in [1.54, 1.807) is 6.07 Å². The number of carbonyl (C=O) groups excluding carboxylic acids is 1. The van der Waals surface area contributed by atoms with Gasteiger partial charge in [-0.25, -0.2) is 0 Å². The molecule has 1 aromatic rings. The molecule has 0 spiro atoms. The minimum absolute atomic E-state index is 0.0211. The number of rotatable bonds is 5. The zero-order valence-corrected chi connectivity index (χ0v) is 13.0. The van der Waals surface area contributed by atoms with Crippen LogP contribution in [0.15, 0.2) is 18.2 Å². The van der Waals surface area contributed by atoms with E-state index in [4.69, 9.17) is 10.5 Å². The van der Waals surface area contributed by atoms with Crippen molar-refractivity contribution in [1.82, 2.24) is 0 Å². The summed E-state index contributed by atoms with van der Waals surface area (Å²) >= 11 is 0. The summed E-state index contributed by atoms with van der Waals surface area (Å²) < 4.78 is 5.87. The van der Waals surface area contributed by atoms with Crippen LogP contribution in [0.5, 0.6) is 0 Å². The molecule has 0 heterocycles. The van der Waals surface area contributed by atoms with E-state index in [0.29, 0.717) is 30.7 Å². The Balaban J connectivity index is 1.75. The molecular weight excluding hydrogens is 264 g/mol. The highest BCUT2D eigenvalue weighted by molar-refractivity contribution is 5.92. The first-order valence-corrected chi connectivity index (χ1v) is 7.84. The molecule has 21 heavy (non-hydrogen) atoms. The predicted molar refractivity (Wildman–Crippen MR) is 86.2 cm³/mol. The first-order chi connectivity index (χ1) is 10.1. The molecule has 1 amide bonds. The molecule has 1 saturated carbocycles. The molecule has 0 aliphatic heterocycles. The molecule has 1 aliphatic rings. The second-order valence-electron chi connectivity index (χ2n) is 6.04. The number of anilines is 2. The number of ether oxygens (including phenoxy) is 1. The Morgan fingerprint density at radius 2 is 2.14 bits per heavy atom. The van der Waals surface area contributed by atoms with Gasteiger partial charge in [0.25, 0.3) is 0 Å². The number of nitrogens with one attached hydrogen (secondary N) is 1. The van der Waals surface area contributed by atoms with Crippen LogP contribution in [-0.4, -0.2) is 18.6 Å². The topological polar surface area (TPSA) is 64.3 Å². The molecule has 2 atom stereocenters. The van der Waals surface area contributed by atoms with Crippen LogP contribution >= 0.6 is 0 Å². The Kier molecular flexibility index (Phi) is 5.62. The van der Waals surface area contributed by atoms with E-state index < -0.39 is 0 Å². The second kappa shape index (κ2) is 7.46. The third-order valence-electron chi connectivity index (χ3n) is 4.23.